The molecule has 1 heterocycles. The molecule has 0 bridgehead atoms. The quantitative estimate of drug-likeness (QED) is 0.864. The average molecular weight is 258 g/mol. The van der Waals surface area contributed by atoms with Crippen LogP contribution in [0.3, 0.4) is 0 Å². The minimum absolute atomic E-state index is 0.0189. The van der Waals surface area contributed by atoms with E-state index in [0.29, 0.717) is 0 Å². The van der Waals surface area contributed by atoms with Crippen molar-refractivity contribution in [3.05, 3.63) is 23.1 Å². The van der Waals surface area contributed by atoms with Crippen molar-refractivity contribution >= 4 is 23.5 Å². The highest BCUT2D eigenvalue weighted by Gasteiger charge is 2.48. The van der Waals surface area contributed by atoms with Crippen LogP contribution in [0.1, 0.15) is 30.1 Å². The van der Waals surface area contributed by atoms with Gasteiger partial charge in [0.25, 0.3) is 5.91 Å². The third kappa shape index (κ3) is 2.15. The summed E-state index contributed by atoms with van der Waals surface area (Å²) in [5.74, 6) is -1.58. The number of amides is 1. The van der Waals surface area contributed by atoms with Crippen LogP contribution >= 0.6 is 11.6 Å². The van der Waals surface area contributed by atoms with Crippen molar-refractivity contribution in [2.75, 3.05) is 0 Å². The maximum atomic E-state index is 11.9. The van der Waals surface area contributed by atoms with Crippen LogP contribution in [0.5, 0.6) is 0 Å². The molecule has 1 aromatic heterocycles. The number of halogens is 1. The molecule has 5 nitrogen and oxygen atoms in total. The van der Waals surface area contributed by atoms with Crippen molar-refractivity contribution in [3.8, 4) is 0 Å². The van der Waals surface area contributed by atoms with E-state index in [0.717, 1.165) is 12.8 Å². The summed E-state index contributed by atoms with van der Waals surface area (Å²) in [6.45, 7) is 1.51. The normalized spacial score (nSPS) is 18.5. The summed E-state index contributed by atoms with van der Waals surface area (Å²) in [7, 11) is 0. The zero-order valence-corrected chi connectivity index (χ0v) is 9.95. The fourth-order valence-corrected chi connectivity index (χ4v) is 1.95. The Morgan fingerprint density at radius 2 is 2.24 bits per heavy atom. The lowest BCUT2D eigenvalue weighted by Crippen LogP contribution is -2.54. The maximum Gasteiger partial charge on any atom is 0.329 e. The average Bonchev–Trinajstić information content (AvgIpc) is 3.01. The van der Waals surface area contributed by atoms with Gasteiger partial charge in [0.1, 0.15) is 5.54 Å². The van der Waals surface area contributed by atoms with E-state index in [9.17, 15) is 14.7 Å². The Hall–Kier alpha value is -1.49. The van der Waals surface area contributed by atoms with Crippen LogP contribution in [-0.2, 0) is 4.79 Å². The molecule has 2 N–H and O–H groups in total. The highest BCUT2D eigenvalue weighted by atomic mass is 35.5. The van der Waals surface area contributed by atoms with Crippen LogP contribution in [0.4, 0.5) is 0 Å². The molecule has 0 saturated heterocycles. The topological polar surface area (TPSA) is 79.5 Å². The number of carboxylic acids is 1. The number of carbonyl (C=O) groups excluding carboxylic acids is 1. The number of furan rings is 1. The van der Waals surface area contributed by atoms with Crippen LogP contribution in [0.2, 0.25) is 5.22 Å². The van der Waals surface area contributed by atoms with Gasteiger partial charge >= 0.3 is 5.97 Å². The van der Waals surface area contributed by atoms with Crippen LogP contribution in [0.25, 0.3) is 0 Å². The molecule has 92 valence electrons. The van der Waals surface area contributed by atoms with Crippen molar-refractivity contribution < 1.29 is 19.1 Å². The van der Waals surface area contributed by atoms with E-state index in [1.807, 2.05) is 0 Å². The minimum atomic E-state index is -1.24. The third-order valence-electron chi connectivity index (χ3n) is 3.07. The Balaban J connectivity index is 2.17. The molecule has 1 fully saturated rings. The lowest BCUT2D eigenvalue weighted by atomic mass is 9.95. The van der Waals surface area contributed by atoms with Gasteiger partial charge in [0, 0.05) is 0 Å². The van der Waals surface area contributed by atoms with Gasteiger partial charge in [-0.15, -0.1) is 0 Å². The van der Waals surface area contributed by atoms with Gasteiger partial charge in [-0.1, -0.05) is 0 Å². The fraction of sp³-hybridized carbons (Fsp3) is 0.455. The van der Waals surface area contributed by atoms with E-state index in [4.69, 9.17) is 16.0 Å². The van der Waals surface area contributed by atoms with Gasteiger partial charge < -0.3 is 14.8 Å². The lowest BCUT2D eigenvalue weighted by Gasteiger charge is -2.25. The van der Waals surface area contributed by atoms with Gasteiger partial charge in [0.15, 0.2) is 0 Å². The summed E-state index contributed by atoms with van der Waals surface area (Å²) in [4.78, 5) is 23.1. The monoisotopic (exact) mass is 257 g/mol. The SMILES string of the molecule is CC(NC(=O)c1ccoc1Cl)(C(=O)O)C1CC1. The summed E-state index contributed by atoms with van der Waals surface area (Å²) in [5.41, 5.74) is -1.09. The molecule has 1 unspecified atom stereocenters. The minimum Gasteiger partial charge on any atom is -0.480 e. The molecule has 1 aliphatic rings. The molecule has 1 atom stereocenters. The molecule has 6 heteroatoms. The Kier molecular flexibility index (Phi) is 2.87. The van der Waals surface area contributed by atoms with E-state index in [1.54, 1.807) is 0 Å². The number of hydrogen-bond acceptors (Lipinski definition) is 3. The zero-order valence-electron chi connectivity index (χ0n) is 9.20. The van der Waals surface area contributed by atoms with Gasteiger partial charge in [-0.05, 0) is 43.4 Å². The van der Waals surface area contributed by atoms with E-state index in [-0.39, 0.29) is 16.7 Å². The molecule has 1 aromatic rings. The summed E-state index contributed by atoms with van der Waals surface area (Å²) >= 11 is 5.66. The molecule has 17 heavy (non-hydrogen) atoms. The highest BCUT2D eigenvalue weighted by Crippen LogP contribution is 2.40. The maximum absolute atomic E-state index is 11.9. The second-order valence-electron chi connectivity index (χ2n) is 4.34. The van der Waals surface area contributed by atoms with E-state index in [2.05, 4.69) is 5.32 Å². The molecule has 0 radical (unpaired) electrons. The van der Waals surface area contributed by atoms with E-state index < -0.39 is 17.4 Å². The van der Waals surface area contributed by atoms with Gasteiger partial charge in [-0.3, -0.25) is 4.79 Å². The van der Waals surface area contributed by atoms with E-state index in [1.165, 1.54) is 19.3 Å². The number of carboxylic acid groups (broad SMARTS) is 1. The first-order valence-electron chi connectivity index (χ1n) is 5.24. The molecule has 0 spiro atoms. The number of nitrogens with one attached hydrogen (secondary N) is 1. The zero-order chi connectivity index (χ0) is 12.6. The molecule has 0 aliphatic heterocycles. The number of rotatable bonds is 4. The summed E-state index contributed by atoms with van der Waals surface area (Å²) in [5, 5.41) is 11.7. The molecule has 1 aliphatic carbocycles. The Morgan fingerprint density at radius 3 is 2.65 bits per heavy atom. The standard InChI is InChI=1S/C11H12ClNO4/c1-11(10(15)16,6-2-3-6)13-9(14)7-4-5-17-8(7)12/h4-6H,2-3H2,1H3,(H,13,14)(H,15,16). The lowest BCUT2D eigenvalue weighted by molar-refractivity contribution is -0.144. The van der Waals surface area contributed by atoms with Gasteiger partial charge in [0.2, 0.25) is 5.22 Å². The fourth-order valence-electron chi connectivity index (χ4n) is 1.75. The molecular weight excluding hydrogens is 246 g/mol. The van der Waals surface area contributed by atoms with Crippen molar-refractivity contribution in [1.29, 1.82) is 0 Å². The predicted octanol–water partition coefficient (Wildman–Crippen LogP) is 1.92. The Morgan fingerprint density at radius 1 is 1.59 bits per heavy atom. The van der Waals surface area contributed by atoms with Crippen molar-refractivity contribution in [2.45, 2.75) is 25.3 Å². The van der Waals surface area contributed by atoms with E-state index >= 15 is 0 Å². The smallest absolute Gasteiger partial charge is 0.329 e. The van der Waals surface area contributed by atoms with Crippen molar-refractivity contribution in [1.82, 2.24) is 5.32 Å². The predicted molar refractivity (Wildman–Crippen MR) is 59.9 cm³/mol. The number of aliphatic carboxylic acids is 1. The van der Waals surface area contributed by atoms with Crippen LogP contribution in [0, 0.1) is 5.92 Å². The third-order valence-corrected chi connectivity index (χ3v) is 3.37. The largest absolute Gasteiger partial charge is 0.480 e. The Labute approximate surface area is 103 Å². The molecular formula is C11H12ClNO4. The molecule has 0 aromatic carbocycles. The molecule has 2 rings (SSSR count). The summed E-state index contributed by atoms with van der Waals surface area (Å²) in [6, 6.07) is 1.41. The van der Waals surface area contributed by atoms with Crippen LogP contribution < -0.4 is 5.32 Å². The van der Waals surface area contributed by atoms with Crippen LogP contribution in [0.15, 0.2) is 16.7 Å². The number of carbonyl (C=O) groups is 2. The molecule has 1 amide bonds. The summed E-state index contributed by atoms with van der Waals surface area (Å²) < 4.78 is 4.79. The first kappa shape index (κ1) is 12.0. The van der Waals surface area contributed by atoms with Gasteiger partial charge in [-0.25, -0.2) is 4.79 Å². The van der Waals surface area contributed by atoms with Crippen LogP contribution in [-0.4, -0.2) is 22.5 Å². The second kappa shape index (κ2) is 4.07. The highest BCUT2D eigenvalue weighted by molar-refractivity contribution is 6.32. The molecule has 1 saturated carbocycles. The Bertz CT molecular complexity index is 466. The van der Waals surface area contributed by atoms with Gasteiger partial charge in [0.05, 0.1) is 11.8 Å². The summed E-state index contributed by atoms with van der Waals surface area (Å²) in [6.07, 6.45) is 2.90. The first-order valence-corrected chi connectivity index (χ1v) is 5.62. The van der Waals surface area contributed by atoms with Crippen molar-refractivity contribution in [2.24, 2.45) is 5.92 Å². The van der Waals surface area contributed by atoms with Gasteiger partial charge in [-0.2, -0.15) is 0 Å². The number of hydrogen-bond donors (Lipinski definition) is 2. The van der Waals surface area contributed by atoms with Crippen molar-refractivity contribution in [3.63, 3.8) is 0 Å². The first-order chi connectivity index (χ1) is 7.95. The second-order valence-corrected chi connectivity index (χ2v) is 4.69.